The third-order valence-corrected chi connectivity index (χ3v) is 2.82. The van der Waals surface area contributed by atoms with Gasteiger partial charge in [0.2, 0.25) is 5.88 Å². The highest BCUT2D eigenvalue weighted by Gasteiger charge is 2.05. The number of ether oxygens (including phenoxy) is 1. The van der Waals surface area contributed by atoms with Crippen molar-refractivity contribution in [3.8, 4) is 11.6 Å². The Morgan fingerprint density at radius 2 is 2.20 bits per heavy atom. The van der Waals surface area contributed by atoms with Crippen molar-refractivity contribution in [3.63, 3.8) is 0 Å². The summed E-state index contributed by atoms with van der Waals surface area (Å²) in [5.74, 6) is 0.125. The van der Waals surface area contributed by atoms with E-state index in [-0.39, 0.29) is 5.02 Å². The maximum Gasteiger partial charge on any atom is 0.238 e. The number of aromatic nitrogens is 2. The Morgan fingerprint density at radius 3 is 2.95 bits per heavy atom. The van der Waals surface area contributed by atoms with Crippen molar-refractivity contribution in [1.82, 2.24) is 15.3 Å². The number of hydrogen-bond acceptors (Lipinski definition) is 4. The normalized spacial score (nSPS) is 10.6. The molecule has 0 spiro atoms. The molecule has 0 unspecified atom stereocenters. The first-order valence-corrected chi connectivity index (χ1v) is 6.71. The Kier molecular flexibility index (Phi) is 5.26. The fourth-order valence-electron chi connectivity index (χ4n) is 1.58. The molecule has 0 saturated carbocycles. The van der Waals surface area contributed by atoms with Crippen LogP contribution in [0.1, 0.15) is 19.0 Å². The second kappa shape index (κ2) is 7.17. The Labute approximate surface area is 122 Å². The second-order valence-corrected chi connectivity index (χ2v) is 4.61. The molecular weight excluding hydrogens is 281 g/mol. The molecule has 6 heteroatoms. The number of benzene rings is 1. The van der Waals surface area contributed by atoms with Gasteiger partial charge in [0.15, 0.2) is 0 Å². The third kappa shape index (κ3) is 4.15. The molecule has 4 nitrogen and oxygen atoms in total. The fourth-order valence-corrected chi connectivity index (χ4v) is 1.69. The van der Waals surface area contributed by atoms with E-state index in [2.05, 4.69) is 22.2 Å². The van der Waals surface area contributed by atoms with E-state index in [9.17, 15) is 4.39 Å². The Balaban J connectivity index is 2.05. The summed E-state index contributed by atoms with van der Waals surface area (Å²) in [5, 5.41) is 3.28. The van der Waals surface area contributed by atoms with E-state index >= 15 is 0 Å². The molecule has 0 amide bonds. The topological polar surface area (TPSA) is 47.0 Å². The summed E-state index contributed by atoms with van der Waals surface area (Å²) in [6.45, 7) is 3.62. The summed E-state index contributed by atoms with van der Waals surface area (Å²) >= 11 is 5.61. The minimum absolute atomic E-state index is 0.0564. The van der Waals surface area contributed by atoms with Crippen molar-refractivity contribution >= 4 is 11.6 Å². The summed E-state index contributed by atoms with van der Waals surface area (Å²) in [5.41, 5.74) is 0.769. The lowest BCUT2D eigenvalue weighted by atomic mass is 10.3. The van der Waals surface area contributed by atoms with Crippen molar-refractivity contribution in [3.05, 3.63) is 47.1 Å². The molecule has 0 aliphatic heterocycles. The van der Waals surface area contributed by atoms with Crippen LogP contribution in [0, 0.1) is 5.82 Å². The van der Waals surface area contributed by atoms with Crippen LogP contribution in [0.3, 0.4) is 0 Å². The lowest BCUT2D eigenvalue weighted by Crippen LogP contribution is -2.15. The first-order chi connectivity index (χ1) is 9.69. The molecule has 0 aliphatic rings. The minimum Gasteiger partial charge on any atom is -0.437 e. The summed E-state index contributed by atoms with van der Waals surface area (Å²) in [6.07, 6.45) is 4.20. The number of hydrogen-bond donors (Lipinski definition) is 1. The number of nitrogens with one attached hydrogen (secondary N) is 1. The molecule has 20 heavy (non-hydrogen) atoms. The first-order valence-electron chi connectivity index (χ1n) is 6.33. The van der Waals surface area contributed by atoms with Gasteiger partial charge in [-0.1, -0.05) is 18.5 Å². The molecule has 1 heterocycles. The van der Waals surface area contributed by atoms with E-state index < -0.39 is 5.82 Å². The molecule has 0 fully saturated rings. The maximum absolute atomic E-state index is 13.3. The van der Waals surface area contributed by atoms with Gasteiger partial charge in [0, 0.05) is 18.8 Å². The van der Waals surface area contributed by atoms with Gasteiger partial charge in [-0.15, -0.1) is 0 Å². The number of nitrogens with zero attached hydrogens (tertiary/aromatic N) is 2. The van der Waals surface area contributed by atoms with Gasteiger partial charge in [0.1, 0.15) is 11.6 Å². The number of halogens is 2. The molecule has 106 valence electrons. The SMILES string of the molecule is CCCNCc1cncc(Oc2ccc(Cl)c(F)c2)n1. The van der Waals surface area contributed by atoms with E-state index in [0.29, 0.717) is 18.2 Å². The predicted octanol–water partition coefficient (Wildman–Crippen LogP) is 3.56. The highest BCUT2D eigenvalue weighted by atomic mass is 35.5. The zero-order valence-corrected chi connectivity index (χ0v) is 11.8. The minimum atomic E-state index is -0.530. The van der Waals surface area contributed by atoms with Gasteiger partial charge in [-0.2, -0.15) is 0 Å². The van der Waals surface area contributed by atoms with Crippen LogP contribution in [0.4, 0.5) is 4.39 Å². The zero-order chi connectivity index (χ0) is 14.4. The molecule has 1 aromatic carbocycles. The molecule has 0 saturated heterocycles. The van der Waals surface area contributed by atoms with Crippen molar-refractivity contribution in [2.45, 2.75) is 19.9 Å². The Bertz CT molecular complexity index is 580. The molecule has 0 atom stereocenters. The largest absolute Gasteiger partial charge is 0.437 e. The predicted molar refractivity (Wildman–Crippen MR) is 75.5 cm³/mol. The quantitative estimate of drug-likeness (QED) is 0.828. The lowest BCUT2D eigenvalue weighted by molar-refractivity contribution is 0.452. The Hall–Kier alpha value is -1.72. The number of rotatable bonds is 6. The summed E-state index contributed by atoms with van der Waals surface area (Å²) < 4.78 is 18.8. The van der Waals surface area contributed by atoms with E-state index in [0.717, 1.165) is 18.7 Å². The van der Waals surface area contributed by atoms with Gasteiger partial charge >= 0.3 is 0 Å². The van der Waals surface area contributed by atoms with E-state index in [4.69, 9.17) is 16.3 Å². The third-order valence-electron chi connectivity index (χ3n) is 2.51. The Morgan fingerprint density at radius 1 is 1.35 bits per heavy atom. The molecule has 1 aromatic heterocycles. The van der Waals surface area contributed by atoms with Gasteiger partial charge in [0.05, 0.1) is 16.9 Å². The molecular formula is C14H15ClFN3O. The van der Waals surface area contributed by atoms with Crippen molar-refractivity contribution < 1.29 is 9.13 Å². The molecule has 0 aliphatic carbocycles. The van der Waals surface area contributed by atoms with Crippen LogP contribution < -0.4 is 10.1 Å². The van der Waals surface area contributed by atoms with Gasteiger partial charge < -0.3 is 10.1 Å². The molecule has 0 bridgehead atoms. The highest BCUT2D eigenvalue weighted by Crippen LogP contribution is 2.24. The van der Waals surface area contributed by atoms with E-state index in [1.54, 1.807) is 12.3 Å². The van der Waals surface area contributed by atoms with Crippen molar-refractivity contribution in [2.24, 2.45) is 0 Å². The molecule has 1 N–H and O–H groups in total. The average Bonchev–Trinajstić information content (AvgIpc) is 2.44. The van der Waals surface area contributed by atoms with Gasteiger partial charge in [-0.25, -0.2) is 9.37 Å². The van der Waals surface area contributed by atoms with Crippen LogP contribution in [0.25, 0.3) is 0 Å². The summed E-state index contributed by atoms with van der Waals surface area (Å²) in [7, 11) is 0. The van der Waals surface area contributed by atoms with Crippen LogP contribution in [-0.2, 0) is 6.54 Å². The average molecular weight is 296 g/mol. The van der Waals surface area contributed by atoms with Gasteiger partial charge in [-0.3, -0.25) is 4.98 Å². The lowest BCUT2D eigenvalue weighted by Gasteiger charge is -2.07. The smallest absolute Gasteiger partial charge is 0.238 e. The second-order valence-electron chi connectivity index (χ2n) is 4.20. The summed E-state index contributed by atoms with van der Waals surface area (Å²) in [6, 6.07) is 4.23. The van der Waals surface area contributed by atoms with Gasteiger partial charge in [-0.05, 0) is 25.1 Å². The van der Waals surface area contributed by atoms with Crippen molar-refractivity contribution in [2.75, 3.05) is 6.54 Å². The van der Waals surface area contributed by atoms with Gasteiger partial charge in [0.25, 0.3) is 0 Å². The summed E-state index contributed by atoms with van der Waals surface area (Å²) in [4.78, 5) is 8.34. The maximum atomic E-state index is 13.3. The molecule has 0 radical (unpaired) electrons. The monoisotopic (exact) mass is 295 g/mol. The van der Waals surface area contributed by atoms with Crippen LogP contribution in [-0.4, -0.2) is 16.5 Å². The van der Waals surface area contributed by atoms with Crippen LogP contribution in [0.2, 0.25) is 5.02 Å². The van der Waals surface area contributed by atoms with E-state index in [1.165, 1.54) is 18.3 Å². The molecule has 2 rings (SSSR count). The standard InChI is InChI=1S/C14H15ClFN3O/c1-2-5-17-7-10-8-18-9-14(19-10)20-11-3-4-12(15)13(16)6-11/h3-4,6,8-9,17H,2,5,7H2,1H3. The van der Waals surface area contributed by atoms with Crippen molar-refractivity contribution in [1.29, 1.82) is 0 Å². The highest BCUT2D eigenvalue weighted by molar-refractivity contribution is 6.30. The zero-order valence-electron chi connectivity index (χ0n) is 11.1. The fraction of sp³-hybridized carbons (Fsp3) is 0.286. The van der Waals surface area contributed by atoms with Crippen LogP contribution in [0.15, 0.2) is 30.6 Å². The van der Waals surface area contributed by atoms with Crippen LogP contribution >= 0.6 is 11.6 Å². The van der Waals surface area contributed by atoms with E-state index in [1.807, 2.05) is 0 Å². The first kappa shape index (κ1) is 14.7. The van der Waals surface area contributed by atoms with Crippen LogP contribution in [0.5, 0.6) is 11.6 Å². The molecule has 2 aromatic rings.